The van der Waals surface area contributed by atoms with Crippen LogP contribution in [0.4, 0.5) is 0 Å². The number of carbonyl (C=O) groups is 1. The highest BCUT2D eigenvalue weighted by Gasteiger charge is 2.26. The molecule has 2 heterocycles. The summed E-state index contributed by atoms with van der Waals surface area (Å²) in [6, 6.07) is 8.79. The molecule has 0 radical (unpaired) electrons. The number of hydrogen-bond donors (Lipinski definition) is 1. The first kappa shape index (κ1) is 19.4. The average molecular weight is 393 g/mol. The quantitative estimate of drug-likeness (QED) is 0.802. The third kappa shape index (κ3) is 5.08. The number of para-hydroxylation sites is 1. The first-order chi connectivity index (χ1) is 12.8. The van der Waals surface area contributed by atoms with Crippen LogP contribution in [-0.2, 0) is 16.6 Å². The van der Waals surface area contributed by atoms with Gasteiger partial charge in [-0.3, -0.25) is 4.79 Å². The van der Waals surface area contributed by atoms with E-state index in [9.17, 15) is 13.2 Å². The third-order valence-corrected chi connectivity index (χ3v) is 5.71. The first-order valence-corrected chi connectivity index (χ1v) is 10.6. The van der Waals surface area contributed by atoms with Crippen molar-refractivity contribution in [3.8, 4) is 5.75 Å². The van der Waals surface area contributed by atoms with Crippen molar-refractivity contribution in [1.29, 1.82) is 0 Å². The van der Waals surface area contributed by atoms with Gasteiger partial charge in [0.05, 0.1) is 18.4 Å². The Kier molecular flexibility index (Phi) is 5.81. The fourth-order valence-electron chi connectivity index (χ4n) is 2.99. The van der Waals surface area contributed by atoms with E-state index in [1.54, 1.807) is 37.3 Å². The Bertz CT molecular complexity index is 901. The molecule has 1 fully saturated rings. The molecule has 1 aromatic heterocycles. The van der Waals surface area contributed by atoms with Crippen molar-refractivity contribution in [3.05, 3.63) is 47.3 Å². The smallest absolute Gasteiger partial charge is 0.255 e. The topological polar surface area (TPSA) is 102 Å². The summed E-state index contributed by atoms with van der Waals surface area (Å²) in [5.74, 6) is 0.910. The Morgan fingerprint density at radius 3 is 2.67 bits per heavy atom. The molecular formula is C18H23N3O5S. The maximum Gasteiger partial charge on any atom is 0.255 e. The van der Waals surface area contributed by atoms with Crippen LogP contribution < -0.4 is 10.1 Å². The number of nitrogens with zero attached hydrogens (tertiary/aromatic N) is 2. The summed E-state index contributed by atoms with van der Waals surface area (Å²) in [7, 11) is -3.18. The van der Waals surface area contributed by atoms with Gasteiger partial charge < -0.3 is 14.6 Å². The highest BCUT2D eigenvalue weighted by atomic mass is 32.2. The zero-order chi connectivity index (χ0) is 19.4. The molecule has 1 aliphatic heterocycles. The SMILES string of the molecule is Cc1cc(CNC(=O)c2ccccc2OC2CCN(S(C)(=O)=O)CC2)no1. The van der Waals surface area contributed by atoms with E-state index in [1.165, 1.54) is 10.6 Å². The minimum Gasteiger partial charge on any atom is -0.489 e. The second-order valence-electron chi connectivity index (χ2n) is 6.59. The average Bonchev–Trinajstić information content (AvgIpc) is 3.05. The molecule has 0 unspecified atom stereocenters. The van der Waals surface area contributed by atoms with Gasteiger partial charge in [0.1, 0.15) is 23.3 Å². The van der Waals surface area contributed by atoms with Crippen molar-refractivity contribution in [2.75, 3.05) is 19.3 Å². The molecule has 2 aromatic rings. The predicted octanol–water partition coefficient (Wildman–Crippen LogP) is 1.72. The van der Waals surface area contributed by atoms with Crippen LogP contribution >= 0.6 is 0 Å². The van der Waals surface area contributed by atoms with Crippen LogP contribution in [0.1, 0.15) is 34.7 Å². The molecule has 0 aliphatic carbocycles. The predicted molar refractivity (Wildman–Crippen MR) is 98.9 cm³/mol. The highest BCUT2D eigenvalue weighted by molar-refractivity contribution is 7.88. The van der Waals surface area contributed by atoms with Crippen LogP contribution in [0.3, 0.4) is 0 Å². The van der Waals surface area contributed by atoms with E-state index >= 15 is 0 Å². The third-order valence-electron chi connectivity index (χ3n) is 4.40. The zero-order valence-electron chi connectivity index (χ0n) is 15.3. The number of ether oxygens (including phenoxy) is 1. The van der Waals surface area contributed by atoms with Crippen molar-refractivity contribution < 1.29 is 22.5 Å². The van der Waals surface area contributed by atoms with E-state index in [-0.39, 0.29) is 18.6 Å². The van der Waals surface area contributed by atoms with E-state index in [2.05, 4.69) is 10.5 Å². The van der Waals surface area contributed by atoms with E-state index in [0.29, 0.717) is 48.7 Å². The van der Waals surface area contributed by atoms with Gasteiger partial charge in [-0.25, -0.2) is 12.7 Å². The first-order valence-electron chi connectivity index (χ1n) is 8.74. The van der Waals surface area contributed by atoms with Crippen molar-refractivity contribution >= 4 is 15.9 Å². The molecule has 8 nitrogen and oxygen atoms in total. The van der Waals surface area contributed by atoms with Gasteiger partial charge in [-0.15, -0.1) is 0 Å². The minimum absolute atomic E-state index is 0.129. The summed E-state index contributed by atoms with van der Waals surface area (Å²) in [6.45, 7) is 2.89. The number of benzene rings is 1. The van der Waals surface area contributed by atoms with Gasteiger partial charge in [-0.1, -0.05) is 17.3 Å². The molecule has 0 bridgehead atoms. The van der Waals surface area contributed by atoms with Crippen LogP contribution in [0.2, 0.25) is 0 Å². The van der Waals surface area contributed by atoms with E-state index in [4.69, 9.17) is 9.26 Å². The molecule has 1 aromatic carbocycles. The molecule has 1 N–H and O–H groups in total. The summed E-state index contributed by atoms with van der Waals surface area (Å²) in [5.41, 5.74) is 1.08. The Morgan fingerprint density at radius 1 is 1.33 bits per heavy atom. The zero-order valence-corrected chi connectivity index (χ0v) is 16.2. The van der Waals surface area contributed by atoms with Crippen molar-refractivity contribution in [2.24, 2.45) is 0 Å². The van der Waals surface area contributed by atoms with Crippen LogP contribution in [0.15, 0.2) is 34.9 Å². The van der Waals surface area contributed by atoms with Crippen molar-refractivity contribution in [3.63, 3.8) is 0 Å². The Hall–Kier alpha value is -2.39. The number of amides is 1. The molecular weight excluding hydrogens is 370 g/mol. The number of nitrogens with one attached hydrogen (secondary N) is 1. The minimum atomic E-state index is -3.18. The number of carbonyl (C=O) groups excluding carboxylic acids is 1. The summed E-state index contributed by atoms with van der Waals surface area (Å²) < 4.78 is 35.7. The van der Waals surface area contributed by atoms with Crippen LogP contribution in [0, 0.1) is 6.92 Å². The molecule has 27 heavy (non-hydrogen) atoms. The molecule has 1 saturated heterocycles. The van der Waals surface area contributed by atoms with Gasteiger partial charge in [0.25, 0.3) is 5.91 Å². The number of rotatable bonds is 6. The fourth-order valence-corrected chi connectivity index (χ4v) is 3.86. The van der Waals surface area contributed by atoms with Gasteiger partial charge in [-0.2, -0.15) is 0 Å². The van der Waals surface area contributed by atoms with Gasteiger partial charge in [0, 0.05) is 19.2 Å². The normalized spacial score (nSPS) is 16.2. The lowest BCUT2D eigenvalue weighted by atomic mass is 10.1. The van der Waals surface area contributed by atoms with Crippen LogP contribution in [-0.4, -0.2) is 49.2 Å². The Labute approximate surface area is 158 Å². The molecule has 1 amide bonds. The second-order valence-corrected chi connectivity index (χ2v) is 8.57. The van der Waals surface area contributed by atoms with E-state index in [1.807, 2.05) is 0 Å². The molecule has 146 valence electrons. The Morgan fingerprint density at radius 2 is 2.04 bits per heavy atom. The summed E-state index contributed by atoms with van der Waals surface area (Å²) in [5, 5.41) is 6.65. The van der Waals surface area contributed by atoms with Gasteiger partial charge >= 0.3 is 0 Å². The lowest BCUT2D eigenvalue weighted by Crippen LogP contribution is -2.41. The lowest BCUT2D eigenvalue weighted by Gasteiger charge is -2.30. The fraction of sp³-hybridized carbons (Fsp3) is 0.444. The van der Waals surface area contributed by atoms with Crippen molar-refractivity contribution in [2.45, 2.75) is 32.4 Å². The monoisotopic (exact) mass is 393 g/mol. The summed E-state index contributed by atoms with van der Waals surface area (Å²) in [4.78, 5) is 12.5. The molecule has 0 atom stereocenters. The van der Waals surface area contributed by atoms with Gasteiger partial charge in [0.15, 0.2) is 0 Å². The number of piperidine rings is 1. The molecule has 0 saturated carbocycles. The molecule has 3 rings (SSSR count). The van der Waals surface area contributed by atoms with Crippen LogP contribution in [0.25, 0.3) is 0 Å². The number of aryl methyl sites for hydroxylation is 1. The van der Waals surface area contributed by atoms with Gasteiger partial charge in [-0.05, 0) is 31.9 Å². The molecule has 0 spiro atoms. The van der Waals surface area contributed by atoms with Gasteiger partial charge in [0.2, 0.25) is 10.0 Å². The second kappa shape index (κ2) is 8.10. The lowest BCUT2D eigenvalue weighted by molar-refractivity contribution is 0.0935. The largest absolute Gasteiger partial charge is 0.489 e. The standard InChI is InChI=1S/C18H23N3O5S/c1-13-11-14(20-26-13)12-19-18(22)16-5-3-4-6-17(16)25-15-7-9-21(10-8-15)27(2,23)24/h3-6,11,15H,7-10,12H2,1-2H3,(H,19,22). The van der Waals surface area contributed by atoms with E-state index < -0.39 is 10.0 Å². The maximum absolute atomic E-state index is 12.5. The summed E-state index contributed by atoms with van der Waals surface area (Å²) >= 11 is 0. The summed E-state index contributed by atoms with van der Waals surface area (Å²) in [6.07, 6.45) is 2.25. The number of sulfonamides is 1. The van der Waals surface area contributed by atoms with Crippen molar-refractivity contribution in [1.82, 2.24) is 14.8 Å². The number of hydrogen-bond acceptors (Lipinski definition) is 6. The van der Waals surface area contributed by atoms with Crippen LogP contribution in [0.5, 0.6) is 5.75 Å². The van der Waals surface area contributed by atoms with E-state index in [0.717, 1.165) is 0 Å². The molecule has 9 heteroatoms. The highest BCUT2D eigenvalue weighted by Crippen LogP contribution is 2.24. The Balaban J connectivity index is 1.61. The molecule has 1 aliphatic rings. The number of aromatic nitrogens is 1. The maximum atomic E-state index is 12.5.